The highest BCUT2D eigenvalue weighted by Crippen LogP contribution is 2.39. The Balaban J connectivity index is 1.54. The van der Waals surface area contributed by atoms with Crippen LogP contribution in [0.5, 0.6) is 5.75 Å². The summed E-state index contributed by atoms with van der Waals surface area (Å²) in [7, 11) is 0. The second-order valence-corrected chi connectivity index (χ2v) is 5.21. The van der Waals surface area contributed by atoms with Gasteiger partial charge in [-0.2, -0.15) is 0 Å². The van der Waals surface area contributed by atoms with Crippen molar-refractivity contribution in [2.24, 2.45) is 0 Å². The van der Waals surface area contributed by atoms with Crippen molar-refractivity contribution in [1.82, 2.24) is 14.4 Å². The number of pyridine rings is 2. The number of hydrogen-bond donors (Lipinski definition) is 0. The Morgan fingerprint density at radius 1 is 1.10 bits per heavy atom. The Labute approximate surface area is 117 Å². The number of aromatic nitrogens is 3. The number of rotatable bonds is 4. The lowest BCUT2D eigenvalue weighted by atomic mass is 10.2. The molecular formula is C16H15N3O. The summed E-state index contributed by atoms with van der Waals surface area (Å²) in [4.78, 5) is 8.54. The van der Waals surface area contributed by atoms with E-state index < -0.39 is 0 Å². The Hall–Kier alpha value is -2.36. The van der Waals surface area contributed by atoms with Crippen LogP contribution < -0.4 is 4.74 Å². The fourth-order valence-electron chi connectivity index (χ4n) is 2.38. The van der Waals surface area contributed by atoms with Crippen molar-refractivity contribution in [2.45, 2.75) is 25.4 Å². The third kappa shape index (κ3) is 2.25. The molecule has 20 heavy (non-hydrogen) atoms. The lowest BCUT2D eigenvalue weighted by Crippen LogP contribution is -1.95. The van der Waals surface area contributed by atoms with E-state index in [2.05, 4.69) is 32.7 Å². The van der Waals surface area contributed by atoms with Crippen LogP contribution in [-0.4, -0.2) is 14.4 Å². The molecule has 0 bridgehead atoms. The van der Waals surface area contributed by atoms with Crippen LogP contribution in [0.1, 0.15) is 30.0 Å². The molecule has 0 aliphatic heterocycles. The van der Waals surface area contributed by atoms with Gasteiger partial charge in [0.15, 0.2) is 0 Å². The Morgan fingerprint density at radius 2 is 1.95 bits per heavy atom. The lowest BCUT2D eigenvalue weighted by molar-refractivity contribution is 0.301. The molecule has 1 fully saturated rings. The molecule has 1 aliphatic rings. The van der Waals surface area contributed by atoms with E-state index in [4.69, 9.17) is 4.74 Å². The van der Waals surface area contributed by atoms with Crippen LogP contribution in [0.25, 0.3) is 5.65 Å². The third-order valence-electron chi connectivity index (χ3n) is 3.61. The van der Waals surface area contributed by atoms with Gasteiger partial charge in [0.05, 0.1) is 5.69 Å². The Morgan fingerprint density at radius 3 is 2.75 bits per heavy atom. The number of nitrogens with zero attached hydrogens (tertiary/aromatic N) is 3. The first kappa shape index (κ1) is 11.5. The van der Waals surface area contributed by atoms with E-state index in [1.807, 2.05) is 18.3 Å². The van der Waals surface area contributed by atoms with E-state index in [1.165, 1.54) is 18.4 Å². The highest BCUT2D eigenvalue weighted by atomic mass is 16.5. The highest BCUT2D eigenvalue weighted by molar-refractivity contribution is 5.42. The second-order valence-electron chi connectivity index (χ2n) is 5.21. The van der Waals surface area contributed by atoms with Crippen LogP contribution in [0.4, 0.5) is 0 Å². The number of fused-ring (bicyclic) bond motifs is 1. The first-order valence-corrected chi connectivity index (χ1v) is 6.89. The van der Waals surface area contributed by atoms with E-state index in [0.717, 1.165) is 23.0 Å². The molecule has 1 aliphatic carbocycles. The largest absolute Gasteiger partial charge is 0.487 e. The van der Waals surface area contributed by atoms with Crippen molar-refractivity contribution in [3.63, 3.8) is 0 Å². The summed E-state index contributed by atoms with van der Waals surface area (Å²) in [5.74, 6) is 1.58. The van der Waals surface area contributed by atoms with E-state index in [9.17, 15) is 0 Å². The summed E-state index contributed by atoms with van der Waals surface area (Å²) in [6.07, 6.45) is 10.3. The van der Waals surface area contributed by atoms with Crippen molar-refractivity contribution in [2.75, 3.05) is 0 Å². The number of ether oxygens (including phenoxy) is 1. The Bertz CT molecular complexity index is 732. The molecule has 4 nitrogen and oxygen atoms in total. The van der Waals surface area contributed by atoms with Crippen molar-refractivity contribution in [3.05, 3.63) is 60.3 Å². The van der Waals surface area contributed by atoms with Crippen LogP contribution in [0.2, 0.25) is 0 Å². The van der Waals surface area contributed by atoms with Crippen molar-refractivity contribution in [1.29, 1.82) is 0 Å². The summed E-state index contributed by atoms with van der Waals surface area (Å²) in [6, 6.07) is 7.97. The molecule has 4 rings (SSSR count). The summed E-state index contributed by atoms with van der Waals surface area (Å²) >= 11 is 0. The fourth-order valence-corrected chi connectivity index (χ4v) is 2.38. The lowest BCUT2D eigenvalue weighted by Gasteiger charge is -2.02. The molecule has 0 N–H and O–H groups in total. The van der Waals surface area contributed by atoms with Crippen LogP contribution in [0, 0.1) is 0 Å². The molecule has 0 aromatic carbocycles. The molecule has 0 amide bonds. The standard InChI is InChI=1S/C16H15N3O/c1-2-12(1)13-3-4-16-18-14(10-19(16)9-13)11-20-15-5-7-17-8-6-15/h3-10,12H,1-2,11H2. The van der Waals surface area contributed by atoms with Crippen LogP contribution in [0.15, 0.2) is 49.1 Å². The van der Waals surface area contributed by atoms with Crippen molar-refractivity contribution >= 4 is 5.65 Å². The van der Waals surface area contributed by atoms with Gasteiger partial charge in [0.25, 0.3) is 0 Å². The maximum absolute atomic E-state index is 5.70. The molecule has 0 spiro atoms. The van der Waals surface area contributed by atoms with Gasteiger partial charge in [-0.05, 0) is 42.5 Å². The quantitative estimate of drug-likeness (QED) is 0.727. The summed E-state index contributed by atoms with van der Waals surface area (Å²) in [5.41, 5.74) is 3.33. The first-order chi connectivity index (χ1) is 9.88. The maximum Gasteiger partial charge on any atom is 0.137 e. The normalized spacial score (nSPS) is 14.6. The van der Waals surface area contributed by atoms with Gasteiger partial charge in [0.2, 0.25) is 0 Å². The van der Waals surface area contributed by atoms with Gasteiger partial charge >= 0.3 is 0 Å². The summed E-state index contributed by atoms with van der Waals surface area (Å²) in [5, 5.41) is 0. The maximum atomic E-state index is 5.70. The first-order valence-electron chi connectivity index (χ1n) is 6.89. The average molecular weight is 265 g/mol. The topological polar surface area (TPSA) is 39.4 Å². The predicted octanol–water partition coefficient (Wildman–Crippen LogP) is 3.19. The molecule has 3 aromatic rings. The molecule has 100 valence electrons. The van der Waals surface area contributed by atoms with Gasteiger partial charge in [-0.25, -0.2) is 4.98 Å². The third-order valence-corrected chi connectivity index (χ3v) is 3.61. The van der Waals surface area contributed by atoms with Crippen molar-refractivity contribution < 1.29 is 4.74 Å². The van der Waals surface area contributed by atoms with Crippen LogP contribution >= 0.6 is 0 Å². The number of imidazole rings is 1. The van der Waals surface area contributed by atoms with Crippen LogP contribution in [-0.2, 0) is 6.61 Å². The molecule has 0 unspecified atom stereocenters. The highest BCUT2D eigenvalue weighted by Gasteiger charge is 2.23. The van der Waals surface area contributed by atoms with Crippen molar-refractivity contribution in [3.8, 4) is 5.75 Å². The Kier molecular flexibility index (Phi) is 2.66. The molecule has 0 atom stereocenters. The van der Waals surface area contributed by atoms with E-state index in [-0.39, 0.29) is 0 Å². The molecular weight excluding hydrogens is 250 g/mol. The molecule has 3 aromatic heterocycles. The van der Waals surface area contributed by atoms with Gasteiger partial charge in [-0.1, -0.05) is 6.07 Å². The fraction of sp³-hybridized carbons (Fsp3) is 0.250. The SMILES string of the molecule is c1cc(OCc2cn3cc(C4CC4)ccc3n2)ccn1. The average Bonchev–Trinajstić information content (AvgIpc) is 3.26. The van der Waals surface area contributed by atoms with Crippen LogP contribution in [0.3, 0.4) is 0 Å². The van der Waals surface area contributed by atoms with Gasteiger partial charge in [-0.15, -0.1) is 0 Å². The zero-order chi connectivity index (χ0) is 13.4. The molecule has 0 radical (unpaired) electrons. The van der Waals surface area contributed by atoms with Gasteiger partial charge in [-0.3, -0.25) is 4.98 Å². The zero-order valence-corrected chi connectivity index (χ0v) is 11.1. The predicted molar refractivity (Wildman–Crippen MR) is 75.7 cm³/mol. The van der Waals surface area contributed by atoms with E-state index in [1.54, 1.807) is 12.4 Å². The van der Waals surface area contributed by atoms with Gasteiger partial charge in [0.1, 0.15) is 18.0 Å². The molecule has 3 heterocycles. The second kappa shape index (κ2) is 4.63. The minimum Gasteiger partial charge on any atom is -0.487 e. The summed E-state index contributed by atoms with van der Waals surface area (Å²) < 4.78 is 7.79. The monoisotopic (exact) mass is 265 g/mol. The minimum atomic E-state index is 0.477. The molecule has 1 saturated carbocycles. The zero-order valence-electron chi connectivity index (χ0n) is 11.1. The van der Waals surface area contributed by atoms with E-state index >= 15 is 0 Å². The molecule has 0 saturated heterocycles. The smallest absolute Gasteiger partial charge is 0.137 e. The van der Waals surface area contributed by atoms with Gasteiger partial charge < -0.3 is 9.14 Å². The number of hydrogen-bond acceptors (Lipinski definition) is 3. The van der Waals surface area contributed by atoms with Gasteiger partial charge in [0, 0.05) is 24.8 Å². The summed E-state index contributed by atoms with van der Waals surface area (Å²) in [6.45, 7) is 0.477. The van der Waals surface area contributed by atoms with E-state index in [0.29, 0.717) is 6.61 Å². The molecule has 4 heteroatoms. The minimum absolute atomic E-state index is 0.477.